The highest BCUT2D eigenvalue weighted by Crippen LogP contribution is 2.29. The van der Waals surface area contributed by atoms with Crippen molar-refractivity contribution in [3.63, 3.8) is 0 Å². The van der Waals surface area contributed by atoms with Gasteiger partial charge in [0.05, 0.1) is 30.8 Å². The van der Waals surface area contributed by atoms with Gasteiger partial charge in [-0.1, -0.05) is 0 Å². The highest BCUT2D eigenvalue weighted by Gasteiger charge is 2.29. The number of anilines is 2. The highest BCUT2D eigenvalue weighted by molar-refractivity contribution is 7.90. The molecule has 24 heavy (non-hydrogen) atoms. The van der Waals surface area contributed by atoms with Crippen LogP contribution in [0.25, 0.3) is 0 Å². The Morgan fingerprint density at radius 3 is 2.79 bits per heavy atom. The summed E-state index contributed by atoms with van der Waals surface area (Å²) in [6, 6.07) is -0.0847. The quantitative estimate of drug-likeness (QED) is 0.668. The third-order valence-corrected chi connectivity index (χ3v) is 5.31. The van der Waals surface area contributed by atoms with E-state index in [2.05, 4.69) is 20.6 Å². The molecule has 0 spiro atoms. The summed E-state index contributed by atoms with van der Waals surface area (Å²) in [6.07, 6.45) is 3.07. The minimum Gasteiger partial charge on any atom is -0.393 e. The zero-order valence-corrected chi connectivity index (χ0v) is 14.8. The van der Waals surface area contributed by atoms with Gasteiger partial charge in [-0.3, -0.25) is 0 Å². The van der Waals surface area contributed by atoms with Gasteiger partial charge in [0.15, 0.2) is 0 Å². The molecule has 134 valence electrons. The van der Waals surface area contributed by atoms with E-state index < -0.39 is 9.84 Å². The lowest BCUT2D eigenvalue weighted by molar-refractivity contribution is 0.0830. The first-order valence-electron chi connectivity index (χ1n) is 8.16. The smallest absolute Gasteiger partial charge is 0.225 e. The molecule has 2 aliphatic rings. The van der Waals surface area contributed by atoms with E-state index >= 15 is 0 Å². The van der Waals surface area contributed by atoms with Crippen LogP contribution in [0.15, 0.2) is 0 Å². The summed E-state index contributed by atoms with van der Waals surface area (Å²) in [5.41, 5.74) is 1.87. The van der Waals surface area contributed by atoms with E-state index in [1.54, 1.807) is 6.92 Å². The Morgan fingerprint density at radius 2 is 2.12 bits per heavy atom. The van der Waals surface area contributed by atoms with Gasteiger partial charge >= 0.3 is 0 Å². The summed E-state index contributed by atoms with van der Waals surface area (Å²) in [7, 11) is -3.07. The molecule has 9 heteroatoms. The maximum Gasteiger partial charge on any atom is 0.225 e. The van der Waals surface area contributed by atoms with Crippen molar-refractivity contribution in [3.05, 3.63) is 11.3 Å². The van der Waals surface area contributed by atoms with Crippen LogP contribution in [0, 0.1) is 0 Å². The number of nitrogens with zero attached hydrogens (tertiary/aromatic N) is 2. The van der Waals surface area contributed by atoms with Gasteiger partial charge in [0, 0.05) is 30.3 Å². The van der Waals surface area contributed by atoms with E-state index in [4.69, 9.17) is 4.74 Å². The predicted molar refractivity (Wildman–Crippen MR) is 90.8 cm³/mol. The van der Waals surface area contributed by atoms with Crippen LogP contribution in [0.2, 0.25) is 0 Å². The molecule has 1 aliphatic heterocycles. The zero-order valence-electron chi connectivity index (χ0n) is 13.9. The molecule has 0 amide bonds. The van der Waals surface area contributed by atoms with Crippen LogP contribution in [-0.2, 0) is 27.6 Å². The summed E-state index contributed by atoms with van der Waals surface area (Å²) in [5, 5.41) is 15.9. The standard InChI is InChI=1S/C15H24N4O4S/c1-9(8-24(2,21)22)16-15-18-13-3-4-23-7-12(13)14(19-15)17-10-5-11(20)6-10/h9-11,20H,3-8H2,1-2H3,(H2,16,17,18,19)/t9-,10?,11?/m1/s1. The first-order valence-corrected chi connectivity index (χ1v) is 10.2. The van der Waals surface area contributed by atoms with Gasteiger partial charge in [-0.05, 0) is 19.8 Å². The summed E-state index contributed by atoms with van der Waals surface area (Å²) in [4.78, 5) is 9.04. The Morgan fingerprint density at radius 1 is 1.38 bits per heavy atom. The number of ether oxygens (including phenoxy) is 1. The molecule has 1 aromatic rings. The first-order chi connectivity index (χ1) is 11.3. The highest BCUT2D eigenvalue weighted by atomic mass is 32.2. The second-order valence-corrected chi connectivity index (χ2v) is 8.91. The van der Waals surface area contributed by atoms with Gasteiger partial charge in [-0.25, -0.2) is 13.4 Å². The molecule has 0 bridgehead atoms. The number of hydrogen-bond donors (Lipinski definition) is 3. The van der Waals surface area contributed by atoms with Crippen molar-refractivity contribution in [3.8, 4) is 0 Å². The van der Waals surface area contributed by atoms with E-state index in [9.17, 15) is 13.5 Å². The number of aromatic nitrogens is 2. The number of aliphatic hydroxyl groups is 1. The SMILES string of the molecule is C[C@H](CS(C)(=O)=O)Nc1nc2c(c(NC3CC(O)C3)n1)COCC2. The predicted octanol–water partition coefficient (Wildman–Crippen LogP) is 0.329. The maximum atomic E-state index is 11.4. The van der Waals surface area contributed by atoms with Crippen LogP contribution in [0.4, 0.5) is 11.8 Å². The van der Waals surface area contributed by atoms with Crippen molar-refractivity contribution in [2.24, 2.45) is 0 Å². The minimum absolute atomic E-state index is 0.0220. The van der Waals surface area contributed by atoms with Crippen LogP contribution in [0.5, 0.6) is 0 Å². The Labute approximate surface area is 142 Å². The lowest BCUT2D eigenvalue weighted by Gasteiger charge is -2.33. The number of fused-ring (bicyclic) bond motifs is 1. The minimum atomic E-state index is -3.07. The van der Waals surface area contributed by atoms with Crippen molar-refractivity contribution < 1.29 is 18.3 Å². The average Bonchev–Trinajstić information content (AvgIpc) is 2.43. The van der Waals surface area contributed by atoms with Crippen LogP contribution < -0.4 is 10.6 Å². The van der Waals surface area contributed by atoms with Gasteiger partial charge in [0.1, 0.15) is 15.7 Å². The molecule has 8 nitrogen and oxygen atoms in total. The Kier molecular flexibility index (Phi) is 4.93. The molecule has 3 N–H and O–H groups in total. The number of aliphatic hydroxyl groups excluding tert-OH is 1. The molecule has 1 saturated carbocycles. The summed E-state index contributed by atoms with van der Waals surface area (Å²) >= 11 is 0. The second-order valence-electron chi connectivity index (χ2n) is 6.73. The van der Waals surface area contributed by atoms with Crippen LogP contribution in [-0.4, -0.2) is 60.3 Å². The normalized spacial score (nSPS) is 24.6. The third-order valence-electron chi connectivity index (χ3n) is 4.20. The molecule has 2 heterocycles. The number of rotatable bonds is 6. The summed E-state index contributed by atoms with van der Waals surface area (Å²) in [6.45, 7) is 2.87. The van der Waals surface area contributed by atoms with E-state index in [1.807, 2.05) is 0 Å². The fraction of sp³-hybridized carbons (Fsp3) is 0.733. The van der Waals surface area contributed by atoms with Crippen molar-refractivity contribution >= 4 is 21.6 Å². The summed E-state index contributed by atoms with van der Waals surface area (Å²) in [5.74, 6) is 1.16. The monoisotopic (exact) mass is 356 g/mol. The van der Waals surface area contributed by atoms with E-state index in [0.717, 1.165) is 11.3 Å². The lowest BCUT2D eigenvalue weighted by atomic mass is 9.89. The third kappa shape index (κ3) is 4.34. The molecule has 0 aromatic carbocycles. The Balaban J connectivity index is 1.79. The van der Waals surface area contributed by atoms with Crippen molar-refractivity contribution in [2.75, 3.05) is 29.2 Å². The molecular weight excluding hydrogens is 332 g/mol. The van der Waals surface area contributed by atoms with Gasteiger partial charge < -0.3 is 20.5 Å². The van der Waals surface area contributed by atoms with Crippen molar-refractivity contribution in [1.82, 2.24) is 9.97 Å². The average molecular weight is 356 g/mol. The summed E-state index contributed by atoms with van der Waals surface area (Å²) < 4.78 is 28.4. The first kappa shape index (κ1) is 17.4. The maximum absolute atomic E-state index is 11.4. The number of nitrogens with one attached hydrogen (secondary N) is 2. The molecule has 3 rings (SSSR count). The largest absolute Gasteiger partial charge is 0.393 e. The lowest BCUT2D eigenvalue weighted by Crippen LogP contribution is -2.39. The Hall–Kier alpha value is -1.45. The van der Waals surface area contributed by atoms with E-state index in [0.29, 0.717) is 44.2 Å². The number of sulfone groups is 1. The Bertz CT molecular complexity index is 704. The fourth-order valence-electron chi connectivity index (χ4n) is 3.03. The van der Waals surface area contributed by atoms with Crippen LogP contribution in [0.3, 0.4) is 0 Å². The second kappa shape index (κ2) is 6.81. The van der Waals surface area contributed by atoms with Crippen molar-refractivity contribution in [1.29, 1.82) is 0 Å². The fourth-order valence-corrected chi connectivity index (χ4v) is 4.02. The molecular formula is C15H24N4O4S. The van der Waals surface area contributed by atoms with Crippen LogP contribution >= 0.6 is 0 Å². The molecule has 0 radical (unpaired) electrons. The molecule has 1 aromatic heterocycles. The topological polar surface area (TPSA) is 113 Å². The molecule has 0 saturated heterocycles. The van der Waals surface area contributed by atoms with E-state index in [-0.39, 0.29) is 23.9 Å². The van der Waals surface area contributed by atoms with E-state index in [1.165, 1.54) is 6.26 Å². The molecule has 0 unspecified atom stereocenters. The molecule has 1 fully saturated rings. The van der Waals surface area contributed by atoms with Gasteiger partial charge in [0.2, 0.25) is 5.95 Å². The molecule has 1 atom stereocenters. The number of hydrogen-bond acceptors (Lipinski definition) is 8. The van der Waals surface area contributed by atoms with Gasteiger partial charge in [-0.2, -0.15) is 4.98 Å². The van der Waals surface area contributed by atoms with Gasteiger partial charge in [-0.15, -0.1) is 0 Å². The van der Waals surface area contributed by atoms with Crippen molar-refractivity contribution in [2.45, 2.75) is 51.0 Å². The molecule has 1 aliphatic carbocycles. The van der Waals surface area contributed by atoms with Crippen LogP contribution in [0.1, 0.15) is 31.0 Å². The zero-order chi connectivity index (χ0) is 17.3. The van der Waals surface area contributed by atoms with Gasteiger partial charge in [0.25, 0.3) is 0 Å².